The average molecular weight is 274 g/mol. The van der Waals surface area contributed by atoms with Crippen molar-refractivity contribution < 1.29 is 9.90 Å². The second-order valence-corrected chi connectivity index (χ2v) is 7.94. The zero-order chi connectivity index (χ0) is 13.9. The van der Waals surface area contributed by atoms with E-state index >= 15 is 0 Å². The maximum absolute atomic E-state index is 11.6. The third kappa shape index (κ3) is 1.70. The van der Waals surface area contributed by atoms with E-state index in [0.29, 0.717) is 11.7 Å². The number of hydrogen-bond donors (Lipinski definition) is 1. The predicted octanol–water partition coefficient (Wildman–Crippen LogP) is 3.49. The lowest BCUT2D eigenvalue weighted by Gasteiger charge is -2.53. The van der Waals surface area contributed by atoms with Gasteiger partial charge in [0.2, 0.25) is 0 Å². The van der Waals surface area contributed by atoms with Crippen LogP contribution in [0, 0.1) is 29.1 Å². The van der Waals surface area contributed by atoms with Gasteiger partial charge >= 0.3 is 0 Å². The van der Waals surface area contributed by atoms with Crippen LogP contribution in [0.3, 0.4) is 0 Å². The van der Waals surface area contributed by atoms with E-state index in [0.717, 1.165) is 43.4 Å². The smallest absolute Gasteiger partial charge is 0.155 e. The molecule has 2 heteroatoms. The van der Waals surface area contributed by atoms with Crippen molar-refractivity contribution in [2.75, 3.05) is 0 Å². The quantitative estimate of drug-likeness (QED) is 0.734. The van der Waals surface area contributed by atoms with Crippen LogP contribution >= 0.6 is 0 Å². The summed E-state index contributed by atoms with van der Waals surface area (Å²) in [5.74, 6) is 3.38. The summed E-state index contributed by atoms with van der Waals surface area (Å²) in [6.07, 6.45) is 10.9. The number of rotatable bonds is 0. The van der Waals surface area contributed by atoms with Gasteiger partial charge in [-0.2, -0.15) is 0 Å². The summed E-state index contributed by atoms with van der Waals surface area (Å²) >= 11 is 0. The number of carbonyl (C=O) groups is 1. The molecular formula is C18H26O2. The van der Waals surface area contributed by atoms with E-state index in [4.69, 9.17) is 0 Å². The Morgan fingerprint density at radius 2 is 1.95 bits per heavy atom. The Kier molecular flexibility index (Phi) is 2.89. The van der Waals surface area contributed by atoms with Gasteiger partial charge < -0.3 is 5.11 Å². The molecule has 0 amide bonds. The van der Waals surface area contributed by atoms with Crippen molar-refractivity contribution >= 4 is 5.78 Å². The normalized spacial score (nSPS) is 51.0. The first-order chi connectivity index (χ1) is 9.59. The van der Waals surface area contributed by atoms with E-state index in [9.17, 15) is 9.90 Å². The van der Waals surface area contributed by atoms with E-state index in [-0.39, 0.29) is 11.5 Å². The summed E-state index contributed by atoms with van der Waals surface area (Å²) in [6.45, 7) is 2.33. The Hall–Kier alpha value is -0.630. The molecule has 0 aromatic heterocycles. The number of hydrogen-bond acceptors (Lipinski definition) is 2. The van der Waals surface area contributed by atoms with E-state index in [2.05, 4.69) is 6.92 Å². The number of ketones is 1. The minimum Gasteiger partial charge on any atom is -0.393 e. The molecule has 3 saturated carbocycles. The molecule has 0 spiro atoms. The highest BCUT2D eigenvalue weighted by Crippen LogP contribution is 2.61. The zero-order valence-corrected chi connectivity index (χ0v) is 12.5. The van der Waals surface area contributed by atoms with Crippen LogP contribution in [0.1, 0.15) is 58.3 Å². The monoisotopic (exact) mass is 274 g/mol. The first kappa shape index (κ1) is 13.1. The number of carbonyl (C=O) groups excluding carboxylic acids is 1. The van der Waals surface area contributed by atoms with Crippen molar-refractivity contribution in [3.63, 3.8) is 0 Å². The third-order valence-electron chi connectivity index (χ3n) is 7.25. The van der Waals surface area contributed by atoms with Crippen LogP contribution in [-0.2, 0) is 4.79 Å². The Balaban J connectivity index is 1.63. The fraction of sp³-hybridized carbons (Fsp3) is 0.833. The highest BCUT2D eigenvalue weighted by atomic mass is 16.3. The number of aliphatic hydroxyl groups excluding tert-OH is 1. The van der Waals surface area contributed by atoms with E-state index in [1.807, 2.05) is 6.08 Å². The van der Waals surface area contributed by atoms with Gasteiger partial charge in [-0.1, -0.05) is 12.5 Å². The van der Waals surface area contributed by atoms with Gasteiger partial charge in [0.05, 0.1) is 6.10 Å². The standard InChI is InChI=1S/C18H26O2/c1-18-9-8-14-13-5-3-12(19)10-11(13)2-4-15(14)16(18)6-7-17(18)20/h10,13-17,20H,2-9H2,1H3/t13-,14-,15+,16+,17-,18-/m0/s1. The van der Waals surface area contributed by atoms with E-state index in [1.54, 1.807) is 0 Å². The second-order valence-electron chi connectivity index (χ2n) is 7.94. The fourth-order valence-corrected chi connectivity index (χ4v) is 6.15. The Bertz CT molecular complexity index is 466. The molecule has 4 aliphatic rings. The van der Waals surface area contributed by atoms with Crippen LogP contribution in [-0.4, -0.2) is 17.0 Å². The molecule has 0 aromatic rings. The van der Waals surface area contributed by atoms with Crippen molar-refractivity contribution in [1.82, 2.24) is 0 Å². The minimum absolute atomic E-state index is 0.0710. The maximum Gasteiger partial charge on any atom is 0.155 e. The van der Waals surface area contributed by atoms with Gasteiger partial charge in [0.1, 0.15) is 0 Å². The fourth-order valence-electron chi connectivity index (χ4n) is 6.15. The van der Waals surface area contributed by atoms with Crippen LogP contribution in [0.5, 0.6) is 0 Å². The van der Waals surface area contributed by atoms with Gasteiger partial charge in [-0.25, -0.2) is 0 Å². The highest BCUT2D eigenvalue weighted by molar-refractivity contribution is 5.91. The van der Waals surface area contributed by atoms with E-state index in [1.165, 1.54) is 31.3 Å². The lowest BCUT2D eigenvalue weighted by atomic mass is 9.52. The molecule has 1 N–H and O–H groups in total. The molecule has 110 valence electrons. The Morgan fingerprint density at radius 3 is 2.80 bits per heavy atom. The molecular weight excluding hydrogens is 248 g/mol. The summed E-state index contributed by atoms with van der Waals surface area (Å²) in [6, 6.07) is 0. The molecule has 0 radical (unpaired) electrons. The zero-order valence-electron chi connectivity index (χ0n) is 12.5. The molecule has 6 atom stereocenters. The van der Waals surface area contributed by atoms with Crippen LogP contribution in [0.2, 0.25) is 0 Å². The number of aliphatic hydroxyl groups is 1. The number of fused-ring (bicyclic) bond motifs is 5. The molecule has 0 heterocycles. The minimum atomic E-state index is -0.0710. The molecule has 0 bridgehead atoms. The van der Waals surface area contributed by atoms with Crippen LogP contribution in [0.25, 0.3) is 0 Å². The molecule has 4 aliphatic carbocycles. The van der Waals surface area contributed by atoms with Gasteiger partial charge in [-0.3, -0.25) is 4.79 Å². The first-order valence-corrected chi connectivity index (χ1v) is 8.51. The second kappa shape index (κ2) is 4.43. The lowest BCUT2D eigenvalue weighted by molar-refractivity contribution is -0.116. The van der Waals surface area contributed by atoms with Gasteiger partial charge in [0.15, 0.2) is 5.78 Å². The Labute approximate surface area is 121 Å². The third-order valence-corrected chi connectivity index (χ3v) is 7.25. The largest absolute Gasteiger partial charge is 0.393 e. The summed E-state index contributed by atoms with van der Waals surface area (Å²) in [5.41, 5.74) is 1.65. The SMILES string of the molecule is C[C@]12CC[C@@H]3[C@@H](CCC4=CC(=O)CC[C@@H]43)[C@H]1CC[C@@H]2O. The number of allylic oxidation sites excluding steroid dienone is 1. The first-order valence-electron chi connectivity index (χ1n) is 8.51. The molecule has 20 heavy (non-hydrogen) atoms. The van der Waals surface area contributed by atoms with Crippen molar-refractivity contribution in [2.24, 2.45) is 29.1 Å². The summed E-state index contributed by atoms with van der Waals surface area (Å²) < 4.78 is 0. The van der Waals surface area contributed by atoms with Gasteiger partial charge in [0.25, 0.3) is 0 Å². The van der Waals surface area contributed by atoms with Crippen molar-refractivity contribution in [2.45, 2.75) is 64.4 Å². The van der Waals surface area contributed by atoms with Gasteiger partial charge in [-0.05, 0) is 80.1 Å². The molecule has 0 aliphatic heterocycles. The predicted molar refractivity (Wildman–Crippen MR) is 78.1 cm³/mol. The van der Waals surface area contributed by atoms with Gasteiger partial charge in [-0.15, -0.1) is 0 Å². The molecule has 3 fully saturated rings. The topological polar surface area (TPSA) is 37.3 Å². The molecule has 0 aromatic carbocycles. The summed E-state index contributed by atoms with van der Waals surface area (Å²) in [4.78, 5) is 11.6. The van der Waals surface area contributed by atoms with Crippen molar-refractivity contribution in [3.05, 3.63) is 11.6 Å². The maximum atomic E-state index is 11.6. The molecule has 2 nitrogen and oxygen atoms in total. The van der Waals surface area contributed by atoms with Crippen molar-refractivity contribution in [3.8, 4) is 0 Å². The van der Waals surface area contributed by atoms with Crippen LogP contribution in [0.15, 0.2) is 11.6 Å². The highest BCUT2D eigenvalue weighted by Gasteiger charge is 2.55. The van der Waals surface area contributed by atoms with Crippen molar-refractivity contribution in [1.29, 1.82) is 0 Å². The summed E-state index contributed by atoms with van der Waals surface area (Å²) in [5, 5.41) is 10.4. The molecule has 0 saturated heterocycles. The Morgan fingerprint density at radius 1 is 1.10 bits per heavy atom. The van der Waals surface area contributed by atoms with Crippen LogP contribution in [0.4, 0.5) is 0 Å². The average Bonchev–Trinajstić information content (AvgIpc) is 2.74. The lowest BCUT2D eigenvalue weighted by Crippen LogP contribution is -2.47. The van der Waals surface area contributed by atoms with Gasteiger partial charge in [0, 0.05) is 6.42 Å². The van der Waals surface area contributed by atoms with E-state index < -0.39 is 0 Å². The molecule has 4 rings (SSSR count). The van der Waals surface area contributed by atoms with Crippen LogP contribution < -0.4 is 0 Å². The summed E-state index contributed by atoms with van der Waals surface area (Å²) in [7, 11) is 0. The molecule has 0 unspecified atom stereocenters.